The highest BCUT2D eigenvalue weighted by atomic mass is 16.1. The Hall–Kier alpha value is -2.86. The van der Waals surface area contributed by atoms with Crippen molar-refractivity contribution in [1.82, 2.24) is 5.32 Å². The second-order valence-corrected chi connectivity index (χ2v) is 7.35. The van der Waals surface area contributed by atoms with Crippen LogP contribution in [0.15, 0.2) is 60.2 Å². The van der Waals surface area contributed by atoms with Gasteiger partial charge in [-0.25, -0.2) is 0 Å². The van der Waals surface area contributed by atoms with E-state index in [4.69, 9.17) is 0 Å². The van der Waals surface area contributed by atoms with Crippen molar-refractivity contribution in [2.24, 2.45) is 0 Å². The van der Waals surface area contributed by atoms with Gasteiger partial charge in [0.25, 0.3) is 5.91 Å². The van der Waals surface area contributed by atoms with Gasteiger partial charge in [-0.05, 0) is 37.0 Å². The van der Waals surface area contributed by atoms with Gasteiger partial charge in [-0.2, -0.15) is 5.26 Å². The average Bonchev–Trinajstić information content (AvgIpc) is 2.71. The van der Waals surface area contributed by atoms with E-state index in [-0.39, 0.29) is 11.3 Å². The van der Waals surface area contributed by atoms with Gasteiger partial charge in [0.05, 0.1) is 17.3 Å². The first kappa shape index (κ1) is 16.6. The normalized spacial score (nSPS) is 18.1. The molecule has 0 aromatic heterocycles. The van der Waals surface area contributed by atoms with Crippen LogP contribution in [0.2, 0.25) is 0 Å². The van der Waals surface area contributed by atoms with Crippen molar-refractivity contribution in [1.29, 1.82) is 5.26 Å². The number of amides is 1. The first-order chi connectivity index (χ1) is 12.7. The molecule has 1 N–H and O–H groups in total. The quantitative estimate of drug-likeness (QED) is 0.839. The lowest BCUT2D eigenvalue weighted by Gasteiger charge is -2.42. The van der Waals surface area contributed by atoms with Gasteiger partial charge < -0.3 is 5.32 Å². The number of rotatable bonds is 2. The van der Waals surface area contributed by atoms with Gasteiger partial charge in [-0.1, -0.05) is 61.7 Å². The summed E-state index contributed by atoms with van der Waals surface area (Å²) in [5.41, 5.74) is 4.36. The molecule has 0 saturated heterocycles. The van der Waals surface area contributed by atoms with E-state index in [2.05, 4.69) is 23.5 Å². The molecule has 0 bridgehead atoms. The van der Waals surface area contributed by atoms with Crippen molar-refractivity contribution in [3.05, 3.63) is 76.9 Å². The Morgan fingerprint density at radius 1 is 0.962 bits per heavy atom. The Bertz CT molecular complexity index is 899. The fourth-order valence-corrected chi connectivity index (χ4v) is 4.54. The third kappa shape index (κ3) is 2.82. The Balaban J connectivity index is 1.76. The summed E-state index contributed by atoms with van der Waals surface area (Å²) in [5, 5.41) is 12.9. The summed E-state index contributed by atoms with van der Waals surface area (Å²) in [6.07, 6.45) is 6.65. The zero-order valence-electron chi connectivity index (χ0n) is 14.8. The molecule has 2 aliphatic carbocycles. The van der Waals surface area contributed by atoms with E-state index >= 15 is 0 Å². The molecule has 3 heteroatoms. The average molecular weight is 342 g/mol. The van der Waals surface area contributed by atoms with E-state index in [1.54, 1.807) is 12.1 Å². The number of carbonyl (C=O) groups is 1. The molecule has 1 fully saturated rings. The Morgan fingerprint density at radius 3 is 2.38 bits per heavy atom. The number of hydrogen-bond donors (Lipinski definition) is 1. The highest BCUT2D eigenvalue weighted by Crippen LogP contribution is 2.49. The number of allylic oxidation sites excluding steroid dienone is 1. The maximum absolute atomic E-state index is 12.7. The second kappa shape index (κ2) is 6.80. The van der Waals surface area contributed by atoms with Gasteiger partial charge in [-0.3, -0.25) is 4.79 Å². The molecule has 0 heterocycles. The lowest BCUT2D eigenvalue weighted by molar-refractivity contribution is 0.0973. The molecule has 0 aliphatic heterocycles. The Morgan fingerprint density at radius 2 is 1.65 bits per heavy atom. The molecule has 0 radical (unpaired) electrons. The predicted octanol–water partition coefficient (Wildman–Crippen LogP) is 4.96. The summed E-state index contributed by atoms with van der Waals surface area (Å²) >= 11 is 0. The topological polar surface area (TPSA) is 52.9 Å². The number of nitrogens with zero attached hydrogens (tertiary/aromatic N) is 1. The van der Waals surface area contributed by atoms with Gasteiger partial charge in [0.15, 0.2) is 0 Å². The second-order valence-electron chi connectivity index (χ2n) is 7.35. The highest BCUT2D eigenvalue weighted by Gasteiger charge is 2.41. The molecule has 3 nitrogen and oxygen atoms in total. The summed E-state index contributed by atoms with van der Waals surface area (Å²) in [7, 11) is 0. The fraction of sp³-hybridized carbons (Fsp3) is 0.304. The van der Waals surface area contributed by atoms with E-state index in [1.807, 2.05) is 30.3 Å². The smallest absolute Gasteiger partial charge is 0.255 e. The van der Waals surface area contributed by atoms with Crippen molar-refractivity contribution in [3.8, 4) is 6.07 Å². The summed E-state index contributed by atoms with van der Waals surface area (Å²) < 4.78 is 0. The minimum absolute atomic E-state index is 0.0564. The van der Waals surface area contributed by atoms with Crippen LogP contribution in [0.4, 0.5) is 0 Å². The van der Waals surface area contributed by atoms with Gasteiger partial charge in [0, 0.05) is 16.5 Å². The third-order valence-electron chi connectivity index (χ3n) is 5.80. The van der Waals surface area contributed by atoms with Crippen LogP contribution < -0.4 is 5.32 Å². The van der Waals surface area contributed by atoms with Crippen molar-refractivity contribution >= 4 is 11.6 Å². The van der Waals surface area contributed by atoms with Crippen LogP contribution in [0.1, 0.15) is 60.0 Å². The summed E-state index contributed by atoms with van der Waals surface area (Å²) in [6, 6.07) is 19.8. The van der Waals surface area contributed by atoms with Crippen molar-refractivity contribution in [2.75, 3.05) is 0 Å². The molecule has 2 aromatic rings. The van der Waals surface area contributed by atoms with Crippen LogP contribution in [0.3, 0.4) is 0 Å². The molecule has 2 aromatic carbocycles. The molecule has 0 atom stereocenters. The first-order valence-electron chi connectivity index (χ1n) is 9.33. The van der Waals surface area contributed by atoms with Gasteiger partial charge in [0.2, 0.25) is 0 Å². The van der Waals surface area contributed by atoms with Gasteiger partial charge >= 0.3 is 0 Å². The molecule has 1 saturated carbocycles. The van der Waals surface area contributed by atoms with Crippen molar-refractivity contribution in [3.63, 3.8) is 0 Å². The number of hydrogen-bond acceptors (Lipinski definition) is 2. The number of nitriles is 1. The molecular weight excluding hydrogens is 320 g/mol. The van der Waals surface area contributed by atoms with Crippen LogP contribution in [-0.2, 0) is 5.41 Å². The number of carbonyl (C=O) groups excluding carboxylic acids is 1. The van der Waals surface area contributed by atoms with E-state index in [9.17, 15) is 10.1 Å². The minimum atomic E-state index is -0.164. The Labute approximate surface area is 154 Å². The zero-order chi connectivity index (χ0) is 18.0. The maximum atomic E-state index is 12.7. The molecule has 1 spiro atoms. The zero-order valence-corrected chi connectivity index (χ0v) is 14.8. The molecular formula is C23H22N2O. The molecule has 1 amide bonds. The van der Waals surface area contributed by atoms with Crippen LogP contribution in [0.25, 0.3) is 5.70 Å². The molecule has 2 aliphatic rings. The van der Waals surface area contributed by atoms with Crippen LogP contribution in [-0.4, -0.2) is 5.91 Å². The van der Waals surface area contributed by atoms with E-state index in [0.717, 1.165) is 24.8 Å². The largest absolute Gasteiger partial charge is 0.321 e. The van der Waals surface area contributed by atoms with Crippen LogP contribution in [0, 0.1) is 11.3 Å². The molecule has 26 heavy (non-hydrogen) atoms. The standard InChI is InChI=1S/C23H22N2O/c24-16-18-15-23(13-7-2-8-14-23)20-12-6-5-11-19(20)21(18)25-22(26)17-9-3-1-4-10-17/h1,3-6,9-12H,2,7-8,13-15H2,(H,25,26). The molecule has 130 valence electrons. The van der Waals surface area contributed by atoms with Crippen molar-refractivity contribution in [2.45, 2.75) is 43.9 Å². The highest BCUT2D eigenvalue weighted by molar-refractivity contribution is 6.00. The van der Waals surface area contributed by atoms with Crippen LogP contribution >= 0.6 is 0 Å². The van der Waals surface area contributed by atoms with Crippen LogP contribution in [0.5, 0.6) is 0 Å². The number of benzene rings is 2. The summed E-state index contributed by atoms with van der Waals surface area (Å²) in [5.74, 6) is -0.164. The lowest BCUT2D eigenvalue weighted by Crippen LogP contribution is -2.36. The maximum Gasteiger partial charge on any atom is 0.255 e. The number of nitrogens with one attached hydrogen (secondary N) is 1. The van der Waals surface area contributed by atoms with E-state index < -0.39 is 0 Å². The predicted molar refractivity (Wildman–Crippen MR) is 102 cm³/mol. The third-order valence-corrected chi connectivity index (χ3v) is 5.80. The first-order valence-corrected chi connectivity index (χ1v) is 9.33. The van der Waals surface area contributed by atoms with E-state index in [0.29, 0.717) is 16.8 Å². The van der Waals surface area contributed by atoms with E-state index in [1.165, 1.54) is 24.8 Å². The Kier molecular flexibility index (Phi) is 4.34. The summed E-state index contributed by atoms with van der Waals surface area (Å²) in [4.78, 5) is 12.7. The summed E-state index contributed by atoms with van der Waals surface area (Å²) in [6.45, 7) is 0. The molecule has 0 unspecified atom stereocenters. The van der Waals surface area contributed by atoms with Crippen molar-refractivity contribution < 1.29 is 4.79 Å². The fourth-order valence-electron chi connectivity index (χ4n) is 4.54. The minimum Gasteiger partial charge on any atom is -0.321 e. The van der Waals surface area contributed by atoms with Gasteiger partial charge in [0.1, 0.15) is 0 Å². The van der Waals surface area contributed by atoms with Gasteiger partial charge in [-0.15, -0.1) is 0 Å². The monoisotopic (exact) mass is 342 g/mol. The lowest BCUT2D eigenvalue weighted by atomic mass is 9.62. The number of fused-ring (bicyclic) bond motifs is 2. The SMILES string of the molecule is N#CC1=C(NC(=O)c2ccccc2)c2ccccc2C2(CCCCC2)C1. The molecule has 4 rings (SSSR count).